The Kier molecular flexibility index (Phi) is 9.17. The number of amides is 1. The summed E-state index contributed by atoms with van der Waals surface area (Å²) >= 11 is 2.73. The Morgan fingerprint density at radius 1 is 1.23 bits per heavy atom. The molecule has 0 radical (unpaired) electrons. The quantitative estimate of drug-likeness (QED) is 0.460. The maximum Gasteiger partial charge on any atom is 0.316 e. The molecule has 0 aromatic carbocycles. The predicted molar refractivity (Wildman–Crippen MR) is 105 cm³/mol. The molecule has 1 aliphatic carbocycles. The second kappa shape index (κ2) is 11.4. The summed E-state index contributed by atoms with van der Waals surface area (Å²) in [6, 6.07) is 0.611. The van der Waals surface area contributed by atoms with Crippen LogP contribution in [0.5, 0.6) is 0 Å². The van der Waals surface area contributed by atoms with E-state index >= 15 is 0 Å². The second-order valence-corrected chi connectivity index (χ2v) is 8.58. The third kappa shape index (κ3) is 7.49. The molecule has 0 spiro atoms. The fourth-order valence-electron chi connectivity index (χ4n) is 2.82. The van der Waals surface area contributed by atoms with Crippen LogP contribution >= 0.6 is 23.1 Å². The Balaban J connectivity index is 1.65. The van der Waals surface area contributed by atoms with Gasteiger partial charge < -0.3 is 15.4 Å². The Morgan fingerprint density at radius 3 is 2.65 bits per heavy atom. The summed E-state index contributed by atoms with van der Waals surface area (Å²) in [6.45, 7) is 3.79. The zero-order chi connectivity index (χ0) is 18.8. The van der Waals surface area contributed by atoms with Crippen molar-refractivity contribution in [2.45, 2.75) is 75.2 Å². The van der Waals surface area contributed by atoms with E-state index in [1.165, 1.54) is 55.2 Å². The number of thioether (sulfide) groups is 1. The Hall–Kier alpha value is -1.35. The predicted octanol–water partition coefficient (Wildman–Crippen LogP) is 3.22. The molecule has 1 aromatic heterocycles. The van der Waals surface area contributed by atoms with E-state index in [1.807, 2.05) is 13.8 Å². The molecule has 1 aliphatic rings. The van der Waals surface area contributed by atoms with Crippen molar-refractivity contribution in [3.8, 4) is 0 Å². The van der Waals surface area contributed by atoms with E-state index in [4.69, 9.17) is 4.74 Å². The van der Waals surface area contributed by atoms with Gasteiger partial charge in [0, 0.05) is 12.1 Å². The highest BCUT2D eigenvalue weighted by atomic mass is 32.2. The summed E-state index contributed by atoms with van der Waals surface area (Å²) in [5.74, 6) is -0.560. The lowest BCUT2D eigenvalue weighted by atomic mass is 9.96. The van der Waals surface area contributed by atoms with Crippen LogP contribution in [0, 0.1) is 0 Å². The normalized spacial score (nSPS) is 15.0. The summed E-state index contributed by atoms with van der Waals surface area (Å²) in [7, 11) is 0. The molecule has 0 atom stereocenters. The topological polar surface area (TPSA) is 93.2 Å². The molecule has 0 saturated heterocycles. The first kappa shape index (κ1) is 21.0. The molecule has 0 bridgehead atoms. The van der Waals surface area contributed by atoms with Gasteiger partial charge in [0.05, 0.1) is 5.75 Å². The number of hydrogen-bond acceptors (Lipinski definition) is 8. The lowest BCUT2D eigenvalue weighted by Gasteiger charge is -2.21. The number of nitrogens with zero attached hydrogens (tertiary/aromatic N) is 2. The maximum absolute atomic E-state index is 11.8. The van der Waals surface area contributed by atoms with Gasteiger partial charge in [0.2, 0.25) is 5.13 Å². The van der Waals surface area contributed by atoms with Gasteiger partial charge in [-0.1, -0.05) is 56.2 Å². The number of carbonyl (C=O) groups is 2. The summed E-state index contributed by atoms with van der Waals surface area (Å²) in [4.78, 5) is 23.5. The van der Waals surface area contributed by atoms with Crippen LogP contribution in [0.2, 0.25) is 0 Å². The summed E-state index contributed by atoms with van der Waals surface area (Å²) < 4.78 is 5.74. The molecular formula is C17H28N4O3S2. The number of rotatable bonds is 10. The molecule has 146 valence electrons. The molecule has 9 heteroatoms. The fourth-order valence-corrected chi connectivity index (χ4v) is 4.45. The maximum atomic E-state index is 11.8. The van der Waals surface area contributed by atoms with Crippen molar-refractivity contribution in [1.82, 2.24) is 15.5 Å². The van der Waals surface area contributed by atoms with E-state index < -0.39 is 5.97 Å². The van der Waals surface area contributed by atoms with Gasteiger partial charge in [0.1, 0.15) is 0 Å². The Morgan fingerprint density at radius 2 is 1.96 bits per heavy atom. The summed E-state index contributed by atoms with van der Waals surface area (Å²) in [6.07, 6.45) is 7.90. The van der Waals surface area contributed by atoms with Crippen molar-refractivity contribution >= 4 is 40.1 Å². The number of aromatic nitrogens is 2. The molecule has 0 aliphatic heterocycles. The van der Waals surface area contributed by atoms with Crippen LogP contribution in [-0.4, -0.2) is 46.5 Å². The van der Waals surface area contributed by atoms with Gasteiger partial charge >= 0.3 is 5.97 Å². The molecule has 2 rings (SSSR count). The SMILES string of the molecule is CCC(CC)NC(=O)COC(=O)CSc1nnc(NC2CCCCC2)s1. The minimum absolute atomic E-state index is 0.121. The lowest BCUT2D eigenvalue weighted by Crippen LogP contribution is -2.37. The molecule has 26 heavy (non-hydrogen) atoms. The standard InChI is InChI=1S/C17H28N4O3S2/c1-3-12(4-2)18-14(22)10-24-15(23)11-25-17-21-20-16(26-17)19-13-8-6-5-7-9-13/h12-13H,3-11H2,1-2H3,(H,18,22)(H,19,20). The monoisotopic (exact) mass is 400 g/mol. The van der Waals surface area contributed by atoms with E-state index in [0.717, 1.165) is 22.3 Å². The van der Waals surface area contributed by atoms with Gasteiger partial charge in [0.25, 0.3) is 5.91 Å². The van der Waals surface area contributed by atoms with Crippen molar-refractivity contribution < 1.29 is 14.3 Å². The van der Waals surface area contributed by atoms with E-state index in [-0.39, 0.29) is 24.3 Å². The molecule has 2 N–H and O–H groups in total. The first-order valence-corrected chi connectivity index (χ1v) is 11.1. The minimum atomic E-state index is -0.424. The van der Waals surface area contributed by atoms with Crippen molar-refractivity contribution in [3.63, 3.8) is 0 Å². The molecule has 1 aromatic rings. The number of anilines is 1. The van der Waals surface area contributed by atoms with Crippen LogP contribution in [0.25, 0.3) is 0 Å². The van der Waals surface area contributed by atoms with Crippen LogP contribution in [0.15, 0.2) is 4.34 Å². The first-order chi connectivity index (χ1) is 12.6. The minimum Gasteiger partial charge on any atom is -0.455 e. The van der Waals surface area contributed by atoms with Gasteiger partial charge in [-0.2, -0.15) is 0 Å². The smallest absolute Gasteiger partial charge is 0.316 e. The third-order valence-corrected chi connectivity index (χ3v) is 6.33. The van der Waals surface area contributed by atoms with Gasteiger partial charge in [-0.15, -0.1) is 10.2 Å². The average molecular weight is 401 g/mol. The van der Waals surface area contributed by atoms with E-state index in [9.17, 15) is 9.59 Å². The molecule has 1 saturated carbocycles. The third-order valence-electron chi connectivity index (χ3n) is 4.37. The van der Waals surface area contributed by atoms with Gasteiger partial charge in [-0.05, 0) is 25.7 Å². The highest BCUT2D eigenvalue weighted by Gasteiger charge is 2.16. The Bertz CT molecular complexity index is 572. The van der Waals surface area contributed by atoms with Crippen molar-refractivity contribution in [3.05, 3.63) is 0 Å². The largest absolute Gasteiger partial charge is 0.455 e. The van der Waals surface area contributed by atoms with Crippen LogP contribution in [0.1, 0.15) is 58.8 Å². The molecular weight excluding hydrogens is 372 g/mol. The number of ether oxygens (including phenoxy) is 1. The van der Waals surface area contributed by atoms with E-state index in [1.54, 1.807) is 0 Å². The number of nitrogens with one attached hydrogen (secondary N) is 2. The van der Waals surface area contributed by atoms with E-state index in [2.05, 4.69) is 20.8 Å². The zero-order valence-electron chi connectivity index (χ0n) is 15.5. The Labute approximate surface area is 163 Å². The van der Waals surface area contributed by atoms with Crippen LogP contribution in [0.4, 0.5) is 5.13 Å². The summed E-state index contributed by atoms with van der Waals surface area (Å²) in [5.41, 5.74) is 0. The first-order valence-electron chi connectivity index (χ1n) is 9.28. The van der Waals surface area contributed by atoms with Crippen LogP contribution in [0.3, 0.4) is 0 Å². The molecule has 1 fully saturated rings. The lowest BCUT2D eigenvalue weighted by molar-refractivity contribution is -0.146. The zero-order valence-corrected chi connectivity index (χ0v) is 17.1. The molecule has 7 nitrogen and oxygen atoms in total. The van der Waals surface area contributed by atoms with Crippen LogP contribution < -0.4 is 10.6 Å². The fraction of sp³-hybridized carbons (Fsp3) is 0.765. The van der Waals surface area contributed by atoms with Crippen molar-refractivity contribution in [2.24, 2.45) is 0 Å². The van der Waals surface area contributed by atoms with Crippen LogP contribution in [-0.2, 0) is 14.3 Å². The van der Waals surface area contributed by atoms with E-state index in [0.29, 0.717) is 6.04 Å². The highest BCUT2D eigenvalue weighted by molar-refractivity contribution is 8.01. The molecule has 1 amide bonds. The second-order valence-electron chi connectivity index (χ2n) is 6.38. The van der Waals surface area contributed by atoms with Gasteiger partial charge in [-0.3, -0.25) is 9.59 Å². The molecule has 0 unspecified atom stereocenters. The van der Waals surface area contributed by atoms with Crippen molar-refractivity contribution in [1.29, 1.82) is 0 Å². The van der Waals surface area contributed by atoms with Crippen molar-refractivity contribution in [2.75, 3.05) is 17.7 Å². The van der Waals surface area contributed by atoms with Gasteiger partial charge in [-0.25, -0.2) is 0 Å². The number of esters is 1. The number of hydrogen-bond donors (Lipinski definition) is 2. The molecule has 1 heterocycles. The average Bonchev–Trinajstić information content (AvgIpc) is 3.11. The summed E-state index contributed by atoms with van der Waals surface area (Å²) in [5, 5.41) is 15.3. The number of carbonyl (C=O) groups excluding carboxylic acids is 2. The van der Waals surface area contributed by atoms with Gasteiger partial charge in [0.15, 0.2) is 10.9 Å². The highest BCUT2D eigenvalue weighted by Crippen LogP contribution is 2.28.